The molecule has 1 heterocycles. The smallest absolute Gasteiger partial charge is 0.271 e. The van der Waals surface area contributed by atoms with Crippen LogP contribution >= 0.6 is 11.8 Å². The summed E-state index contributed by atoms with van der Waals surface area (Å²) in [5.74, 6) is -2.66. The molecule has 0 aliphatic heterocycles. The van der Waals surface area contributed by atoms with Gasteiger partial charge in [0.05, 0.1) is 41.7 Å². The van der Waals surface area contributed by atoms with E-state index >= 15 is 0 Å². The molecule has 3 rings (SSSR count). The van der Waals surface area contributed by atoms with Gasteiger partial charge in [-0.05, 0) is 50.1 Å². The summed E-state index contributed by atoms with van der Waals surface area (Å²) in [5, 5.41) is 21.9. The first-order valence-electron chi connectivity index (χ1n) is 15.0. The van der Waals surface area contributed by atoms with E-state index in [2.05, 4.69) is 31.7 Å². The summed E-state index contributed by atoms with van der Waals surface area (Å²) in [7, 11) is -3.88. The molecular weight excluding hydrogens is 677 g/mol. The molecule has 0 radical (unpaired) electrons. The zero-order chi connectivity index (χ0) is 36.0. The molecule has 0 spiro atoms. The molecule has 0 aliphatic carbocycles. The highest BCUT2D eigenvalue weighted by molar-refractivity contribution is 8.14. The summed E-state index contributed by atoms with van der Waals surface area (Å²) in [4.78, 5) is 71.0. The van der Waals surface area contributed by atoms with Crippen LogP contribution in [-0.4, -0.2) is 91.3 Å². The number of nitrogens with zero attached hydrogens (tertiary/aromatic N) is 2. The second-order valence-electron chi connectivity index (χ2n) is 10.7. The number of nitrogens with two attached hydrogens (primary N) is 1. The van der Waals surface area contributed by atoms with E-state index in [4.69, 9.17) is 5.14 Å². The Kier molecular flexibility index (Phi) is 14.5. The number of hydrogen-bond acceptors (Lipinski definition) is 10. The Balaban J connectivity index is 1.39. The maximum atomic E-state index is 13.0. The molecular formula is C31H38N8O8S2. The molecule has 0 bridgehead atoms. The minimum absolute atomic E-state index is 0.0522. The van der Waals surface area contributed by atoms with Crippen molar-refractivity contribution in [3.8, 4) is 16.9 Å². The number of hydrogen-bond donors (Lipinski definition) is 6. The average molecular weight is 715 g/mol. The van der Waals surface area contributed by atoms with E-state index in [9.17, 15) is 37.2 Å². The first-order valence-corrected chi connectivity index (χ1v) is 17.5. The van der Waals surface area contributed by atoms with Crippen LogP contribution in [-0.2, 0) is 34.0 Å². The average Bonchev–Trinajstić information content (AvgIpc) is 3.51. The molecule has 7 N–H and O–H groups in total. The van der Waals surface area contributed by atoms with Crippen molar-refractivity contribution in [2.75, 3.05) is 38.5 Å². The zero-order valence-electron chi connectivity index (χ0n) is 26.9. The second kappa shape index (κ2) is 18.5. The number of carbonyl (C=O) groups excluding carboxylic acids is 6. The predicted octanol–water partition coefficient (Wildman–Crippen LogP) is -0.250. The normalized spacial score (nSPS) is 10.9. The number of primary sulfonamides is 1. The van der Waals surface area contributed by atoms with Gasteiger partial charge in [0, 0.05) is 25.6 Å². The zero-order valence-corrected chi connectivity index (χ0v) is 28.5. The highest BCUT2D eigenvalue weighted by atomic mass is 32.2. The minimum Gasteiger partial charge on any atom is -0.355 e. The Labute approximate surface area is 287 Å². The van der Waals surface area contributed by atoms with Gasteiger partial charge in [0.2, 0.25) is 33.7 Å². The van der Waals surface area contributed by atoms with E-state index in [1.807, 2.05) is 31.2 Å². The number of thioether (sulfide) groups is 1. The number of carbonyl (C=O) groups is 6. The first-order chi connectivity index (χ1) is 23.2. The van der Waals surface area contributed by atoms with Crippen LogP contribution in [0.2, 0.25) is 0 Å². The van der Waals surface area contributed by atoms with Gasteiger partial charge in [0.15, 0.2) is 10.8 Å². The van der Waals surface area contributed by atoms with Crippen LogP contribution in [0.15, 0.2) is 59.5 Å². The van der Waals surface area contributed by atoms with E-state index in [-0.39, 0.29) is 41.1 Å². The first kappa shape index (κ1) is 38.4. The molecule has 0 saturated carbocycles. The molecule has 0 unspecified atom stereocenters. The van der Waals surface area contributed by atoms with Crippen molar-refractivity contribution in [3.63, 3.8) is 0 Å². The second-order valence-corrected chi connectivity index (χ2v) is 13.4. The Morgan fingerprint density at radius 2 is 1.29 bits per heavy atom. The van der Waals surface area contributed by atoms with Gasteiger partial charge in [0.25, 0.3) is 5.91 Å². The van der Waals surface area contributed by atoms with Gasteiger partial charge in [-0.2, -0.15) is 5.10 Å². The molecule has 0 saturated heterocycles. The van der Waals surface area contributed by atoms with E-state index in [1.54, 1.807) is 22.9 Å². The third-order valence-corrected chi connectivity index (χ3v) is 8.40. The van der Waals surface area contributed by atoms with Crippen LogP contribution in [0, 0.1) is 6.92 Å². The minimum atomic E-state index is -3.88. The SMILES string of the molecule is CC(=O)SCC(=O)NCC(=O)NCC(=O)NCC(=O)NCCCCNC(=O)c1cc(-c2ccc(C)cc2)n(-c2ccc(S(N)(=O)=O)cc2)n1. The van der Waals surface area contributed by atoms with Gasteiger partial charge >= 0.3 is 0 Å². The van der Waals surface area contributed by atoms with Gasteiger partial charge in [-0.3, -0.25) is 28.8 Å². The van der Waals surface area contributed by atoms with Crippen molar-refractivity contribution >= 4 is 56.4 Å². The van der Waals surface area contributed by atoms with E-state index in [0.717, 1.165) is 22.9 Å². The fraction of sp³-hybridized carbons (Fsp3) is 0.323. The molecule has 1 aromatic heterocycles. The number of amides is 5. The van der Waals surface area contributed by atoms with Gasteiger partial charge < -0.3 is 26.6 Å². The van der Waals surface area contributed by atoms with Gasteiger partial charge in [-0.25, -0.2) is 18.2 Å². The third-order valence-electron chi connectivity index (χ3n) is 6.66. The molecule has 2 aromatic carbocycles. The lowest BCUT2D eigenvalue weighted by Gasteiger charge is -2.09. The summed E-state index contributed by atoms with van der Waals surface area (Å²) in [6, 6.07) is 15.1. The van der Waals surface area contributed by atoms with Crippen LogP contribution in [0.4, 0.5) is 0 Å². The number of sulfonamides is 1. The summed E-state index contributed by atoms with van der Waals surface area (Å²) in [6.07, 6.45) is 1.07. The van der Waals surface area contributed by atoms with Crippen LogP contribution in [0.1, 0.15) is 35.8 Å². The number of aryl methyl sites for hydroxylation is 1. The Morgan fingerprint density at radius 1 is 0.755 bits per heavy atom. The van der Waals surface area contributed by atoms with Gasteiger partial charge in [0.1, 0.15) is 0 Å². The molecule has 18 heteroatoms. The molecule has 262 valence electrons. The number of aromatic nitrogens is 2. The number of unbranched alkanes of at least 4 members (excludes halogenated alkanes) is 1. The van der Waals surface area contributed by atoms with E-state index < -0.39 is 39.6 Å². The summed E-state index contributed by atoms with van der Waals surface area (Å²) >= 11 is 0.809. The van der Waals surface area contributed by atoms with Crippen molar-refractivity contribution in [1.82, 2.24) is 36.4 Å². The fourth-order valence-corrected chi connectivity index (χ4v) is 5.06. The molecule has 49 heavy (non-hydrogen) atoms. The largest absolute Gasteiger partial charge is 0.355 e. The predicted molar refractivity (Wildman–Crippen MR) is 182 cm³/mol. The lowest BCUT2D eigenvalue weighted by Crippen LogP contribution is -2.44. The highest BCUT2D eigenvalue weighted by Gasteiger charge is 2.18. The van der Waals surface area contributed by atoms with Crippen molar-refractivity contribution < 1.29 is 37.2 Å². The Bertz CT molecular complexity index is 1780. The Morgan fingerprint density at radius 3 is 1.84 bits per heavy atom. The maximum Gasteiger partial charge on any atom is 0.271 e. The van der Waals surface area contributed by atoms with E-state index in [1.165, 1.54) is 19.1 Å². The van der Waals surface area contributed by atoms with Gasteiger partial charge in [-0.15, -0.1) is 0 Å². The number of nitrogens with one attached hydrogen (secondary N) is 5. The van der Waals surface area contributed by atoms with Gasteiger partial charge in [-0.1, -0.05) is 41.6 Å². The topological polar surface area (TPSA) is 241 Å². The van der Waals surface area contributed by atoms with Crippen molar-refractivity contribution in [2.45, 2.75) is 31.6 Å². The van der Waals surface area contributed by atoms with Crippen molar-refractivity contribution in [3.05, 3.63) is 65.9 Å². The summed E-state index contributed by atoms with van der Waals surface area (Å²) in [5.41, 5.74) is 3.15. The quantitative estimate of drug-likeness (QED) is 0.100. The standard InChI is InChI=1S/C31H38N8O8S2/c1-20-5-7-22(8-6-20)26-15-25(38-39(26)23-9-11-24(12-10-23)49(32,46)47)31(45)34-14-4-3-13-33-27(41)16-35-28(42)17-36-29(43)18-37-30(44)19-48-21(2)40/h5-12,15H,3-4,13-14,16-19H2,1-2H3,(H,33,41)(H,34,45)(H,35,42)(H,36,43)(H,37,44)(H2,32,46,47). The van der Waals surface area contributed by atoms with Crippen LogP contribution in [0.5, 0.6) is 0 Å². The van der Waals surface area contributed by atoms with Crippen molar-refractivity contribution in [2.24, 2.45) is 5.14 Å². The number of benzene rings is 2. The van der Waals surface area contributed by atoms with Crippen LogP contribution < -0.4 is 31.7 Å². The number of rotatable bonds is 17. The molecule has 0 fully saturated rings. The molecule has 3 aromatic rings. The summed E-state index contributed by atoms with van der Waals surface area (Å²) < 4.78 is 24.9. The highest BCUT2D eigenvalue weighted by Crippen LogP contribution is 2.25. The summed E-state index contributed by atoms with van der Waals surface area (Å²) in [6.45, 7) is 2.82. The molecule has 0 atom stereocenters. The molecule has 5 amide bonds. The molecule has 16 nitrogen and oxygen atoms in total. The lowest BCUT2D eigenvalue weighted by atomic mass is 10.1. The lowest BCUT2D eigenvalue weighted by molar-refractivity contribution is -0.128. The fourth-order valence-electron chi connectivity index (χ4n) is 4.11. The van der Waals surface area contributed by atoms with Crippen LogP contribution in [0.25, 0.3) is 16.9 Å². The van der Waals surface area contributed by atoms with Crippen molar-refractivity contribution in [1.29, 1.82) is 0 Å². The maximum absolute atomic E-state index is 13.0. The van der Waals surface area contributed by atoms with Crippen LogP contribution in [0.3, 0.4) is 0 Å². The van der Waals surface area contributed by atoms with E-state index in [0.29, 0.717) is 37.3 Å². The Hall–Kier alpha value is -5.07. The monoisotopic (exact) mass is 714 g/mol. The third kappa shape index (κ3) is 13.2. The molecule has 0 aliphatic rings.